The second-order valence-electron chi connectivity index (χ2n) is 5.12. The second kappa shape index (κ2) is 6.83. The van der Waals surface area contributed by atoms with Crippen LogP contribution in [0.2, 0.25) is 0 Å². The molecule has 0 aliphatic carbocycles. The van der Waals surface area contributed by atoms with Crippen LogP contribution in [0.15, 0.2) is 29.2 Å². The standard InChI is InChI=1S/C13H21N3O3S/c1-9(2)7-10(8-14)13(17)16-11-3-5-12(6-4-11)20(15,18)19/h3-6,9-10H,7-8,14H2,1-2H3,(H,16,17)(H2,15,18,19). The molecule has 1 rings (SSSR count). The second-order valence-corrected chi connectivity index (χ2v) is 6.68. The first-order valence-corrected chi connectivity index (χ1v) is 7.92. The van der Waals surface area contributed by atoms with E-state index in [0.717, 1.165) is 0 Å². The molecule has 1 amide bonds. The molecule has 7 heteroatoms. The number of sulfonamides is 1. The Kier molecular flexibility index (Phi) is 5.67. The number of primary sulfonamides is 1. The molecule has 0 aliphatic heterocycles. The maximum absolute atomic E-state index is 12.0. The van der Waals surface area contributed by atoms with Crippen molar-refractivity contribution in [1.82, 2.24) is 0 Å². The van der Waals surface area contributed by atoms with Crippen molar-refractivity contribution in [3.8, 4) is 0 Å². The van der Waals surface area contributed by atoms with Crippen LogP contribution >= 0.6 is 0 Å². The van der Waals surface area contributed by atoms with Crippen molar-refractivity contribution >= 4 is 21.6 Å². The molecule has 6 nitrogen and oxygen atoms in total. The van der Waals surface area contributed by atoms with Crippen LogP contribution in [0.25, 0.3) is 0 Å². The quantitative estimate of drug-likeness (QED) is 0.723. The van der Waals surface area contributed by atoms with Gasteiger partial charge in [0.15, 0.2) is 0 Å². The normalized spacial score (nSPS) is 13.2. The van der Waals surface area contributed by atoms with Crippen molar-refractivity contribution < 1.29 is 13.2 Å². The van der Waals surface area contributed by atoms with Gasteiger partial charge in [-0.05, 0) is 36.6 Å². The van der Waals surface area contributed by atoms with Gasteiger partial charge in [-0.1, -0.05) is 13.8 Å². The van der Waals surface area contributed by atoms with Gasteiger partial charge in [0.1, 0.15) is 0 Å². The summed E-state index contributed by atoms with van der Waals surface area (Å²) in [5.74, 6) is -0.0449. The van der Waals surface area contributed by atoms with Crippen LogP contribution in [-0.4, -0.2) is 20.9 Å². The van der Waals surface area contributed by atoms with Crippen LogP contribution in [0.1, 0.15) is 20.3 Å². The number of benzene rings is 1. The highest BCUT2D eigenvalue weighted by Gasteiger charge is 2.18. The topological polar surface area (TPSA) is 115 Å². The summed E-state index contributed by atoms with van der Waals surface area (Å²) in [6, 6.07) is 5.71. The van der Waals surface area contributed by atoms with E-state index in [0.29, 0.717) is 18.0 Å². The Hall–Kier alpha value is -1.44. The molecule has 0 radical (unpaired) electrons. The lowest BCUT2D eigenvalue weighted by molar-refractivity contribution is -0.120. The number of hydrogen-bond donors (Lipinski definition) is 3. The van der Waals surface area contributed by atoms with E-state index in [2.05, 4.69) is 5.32 Å². The van der Waals surface area contributed by atoms with Crippen LogP contribution in [-0.2, 0) is 14.8 Å². The zero-order chi connectivity index (χ0) is 15.3. The minimum atomic E-state index is -3.72. The lowest BCUT2D eigenvalue weighted by atomic mass is 9.96. The van der Waals surface area contributed by atoms with Crippen molar-refractivity contribution in [3.63, 3.8) is 0 Å². The molecule has 1 atom stereocenters. The zero-order valence-corrected chi connectivity index (χ0v) is 12.5. The SMILES string of the molecule is CC(C)CC(CN)C(=O)Nc1ccc(S(N)(=O)=O)cc1. The number of amides is 1. The number of anilines is 1. The van der Waals surface area contributed by atoms with E-state index in [4.69, 9.17) is 10.9 Å². The maximum atomic E-state index is 12.0. The van der Waals surface area contributed by atoms with Gasteiger partial charge in [-0.3, -0.25) is 4.79 Å². The summed E-state index contributed by atoms with van der Waals surface area (Å²) in [7, 11) is -3.72. The molecule has 0 aromatic heterocycles. The molecule has 5 N–H and O–H groups in total. The van der Waals surface area contributed by atoms with Gasteiger partial charge in [-0.15, -0.1) is 0 Å². The number of carbonyl (C=O) groups is 1. The van der Waals surface area contributed by atoms with Crippen molar-refractivity contribution in [2.75, 3.05) is 11.9 Å². The third-order valence-electron chi connectivity index (χ3n) is 2.86. The molecule has 0 saturated heterocycles. The first-order chi connectivity index (χ1) is 9.24. The molecule has 0 aliphatic rings. The molecular weight excluding hydrogens is 278 g/mol. The first kappa shape index (κ1) is 16.6. The summed E-state index contributed by atoms with van der Waals surface area (Å²) in [6.45, 7) is 4.33. The van der Waals surface area contributed by atoms with Gasteiger partial charge in [0.2, 0.25) is 15.9 Å². The maximum Gasteiger partial charge on any atom is 0.238 e. The molecule has 20 heavy (non-hydrogen) atoms. The summed E-state index contributed by atoms with van der Waals surface area (Å²) >= 11 is 0. The highest BCUT2D eigenvalue weighted by molar-refractivity contribution is 7.89. The largest absolute Gasteiger partial charge is 0.330 e. The van der Waals surface area contributed by atoms with E-state index in [-0.39, 0.29) is 23.3 Å². The van der Waals surface area contributed by atoms with Crippen LogP contribution in [0, 0.1) is 11.8 Å². The summed E-state index contributed by atoms with van der Waals surface area (Å²) < 4.78 is 22.2. The first-order valence-electron chi connectivity index (χ1n) is 6.38. The monoisotopic (exact) mass is 299 g/mol. The fraction of sp³-hybridized carbons (Fsp3) is 0.462. The number of nitrogens with one attached hydrogen (secondary N) is 1. The summed E-state index contributed by atoms with van der Waals surface area (Å²) in [5.41, 5.74) is 6.12. The number of carbonyl (C=O) groups excluding carboxylic acids is 1. The Labute approximate surface area is 119 Å². The Balaban J connectivity index is 2.75. The molecule has 1 aromatic carbocycles. The average molecular weight is 299 g/mol. The van der Waals surface area contributed by atoms with Gasteiger partial charge in [0, 0.05) is 12.2 Å². The van der Waals surface area contributed by atoms with Gasteiger partial charge >= 0.3 is 0 Å². The Morgan fingerprint density at radius 1 is 1.25 bits per heavy atom. The van der Waals surface area contributed by atoms with Crippen LogP contribution in [0.5, 0.6) is 0 Å². The minimum absolute atomic E-state index is 0.00746. The molecule has 0 heterocycles. The van der Waals surface area contributed by atoms with E-state index >= 15 is 0 Å². The predicted molar refractivity (Wildman–Crippen MR) is 78.4 cm³/mol. The van der Waals surface area contributed by atoms with Crippen LogP contribution in [0.4, 0.5) is 5.69 Å². The van der Waals surface area contributed by atoms with E-state index in [9.17, 15) is 13.2 Å². The lowest BCUT2D eigenvalue weighted by Crippen LogP contribution is -2.30. The Bertz CT molecular complexity index is 553. The summed E-state index contributed by atoms with van der Waals surface area (Å²) in [6.07, 6.45) is 0.706. The predicted octanol–water partition coefficient (Wildman–Crippen LogP) is 0.894. The minimum Gasteiger partial charge on any atom is -0.330 e. The highest BCUT2D eigenvalue weighted by Crippen LogP contribution is 2.16. The van der Waals surface area contributed by atoms with E-state index in [1.165, 1.54) is 24.3 Å². The number of nitrogens with two attached hydrogens (primary N) is 2. The average Bonchev–Trinajstić information content (AvgIpc) is 2.35. The molecule has 0 spiro atoms. The molecule has 0 fully saturated rings. The summed E-state index contributed by atoms with van der Waals surface area (Å²) in [5, 5.41) is 7.72. The highest BCUT2D eigenvalue weighted by atomic mass is 32.2. The van der Waals surface area contributed by atoms with E-state index < -0.39 is 10.0 Å². The molecule has 1 aromatic rings. The van der Waals surface area contributed by atoms with Crippen LogP contribution < -0.4 is 16.2 Å². The van der Waals surface area contributed by atoms with Gasteiger partial charge in [0.05, 0.1) is 10.8 Å². The molecule has 1 unspecified atom stereocenters. The third-order valence-corrected chi connectivity index (χ3v) is 3.79. The van der Waals surface area contributed by atoms with Crippen molar-refractivity contribution in [2.24, 2.45) is 22.7 Å². The number of hydrogen-bond acceptors (Lipinski definition) is 4. The molecular formula is C13H21N3O3S. The zero-order valence-electron chi connectivity index (χ0n) is 11.7. The number of rotatable bonds is 6. The van der Waals surface area contributed by atoms with Crippen molar-refractivity contribution in [3.05, 3.63) is 24.3 Å². The lowest BCUT2D eigenvalue weighted by Gasteiger charge is -2.16. The fourth-order valence-electron chi connectivity index (χ4n) is 1.85. The van der Waals surface area contributed by atoms with E-state index in [1.54, 1.807) is 0 Å². The third kappa shape index (κ3) is 4.92. The smallest absolute Gasteiger partial charge is 0.238 e. The fourth-order valence-corrected chi connectivity index (χ4v) is 2.37. The van der Waals surface area contributed by atoms with Gasteiger partial charge in [-0.25, -0.2) is 13.6 Å². The Morgan fingerprint density at radius 2 is 1.80 bits per heavy atom. The van der Waals surface area contributed by atoms with Crippen molar-refractivity contribution in [2.45, 2.75) is 25.2 Å². The Morgan fingerprint density at radius 3 is 2.20 bits per heavy atom. The molecule has 112 valence electrons. The van der Waals surface area contributed by atoms with Crippen LogP contribution in [0.3, 0.4) is 0 Å². The van der Waals surface area contributed by atoms with Gasteiger partial charge in [-0.2, -0.15) is 0 Å². The van der Waals surface area contributed by atoms with Crippen molar-refractivity contribution in [1.29, 1.82) is 0 Å². The van der Waals surface area contributed by atoms with Gasteiger partial charge < -0.3 is 11.1 Å². The van der Waals surface area contributed by atoms with Gasteiger partial charge in [0.25, 0.3) is 0 Å². The van der Waals surface area contributed by atoms with E-state index in [1.807, 2.05) is 13.8 Å². The molecule has 0 saturated carbocycles. The molecule has 0 bridgehead atoms. The summed E-state index contributed by atoms with van der Waals surface area (Å²) in [4.78, 5) is 12.0.